The molecule has 12 heteroatoms. The van der Waals surface area contributed by atoms with Crippen LogP contribution in [0.2, 0.25) is 5.02 Å². The zero-order valence-corrected chi connectivity index (χ0v) is 37.7. The highest BCUT2D eigenvalue weighted by molar-refractivity contribution is 6.31. The van der Waals surface area contributed by atoms with Gasteiger partial charge in [-0.3, -0.25) is 14.7 Å². The van der Waals surface area contributed by atoms with E-state index in [4.69, 9.17) is 21.1 Å². The third kappa shape index (κ3) is 10.1. The highest BCUT2D eigenvalue weighted by atomic mass is 35.5. The first-order valence-electron chi connectivity index (χ1n) is 22.5. The Labute approximate surface area is 375 Å². The first-order valence-corrected chi connectivity index (χ1v) is 22.9. The van der Waals surface area contributed by atoms with Gasteiger partial charge in [0.15, 0.2) is 0 Å². The first kappa shape index (κ1) is 46.5. The highest BCUT2D eigenvalue weighted by Gasteiger charge is 2.60. The number of ether oxygens (including phenoxy) is 2. The summed E-state index contributed by atoms with van der Waals surface area (Å²) in [5.41, 5.74) is 3.91. The molecule has 3 aliphatic rings. The lowest BCUT2D eigenvalue weighted by Crippen LogP contribution is -2.63. The number of aryl methyl sites for hydroxylation is 2. The van der Waals surface area contributed by atoms with Crippen LogP contribution in [0, 0.1) is 11.8 Å². The van der Waals surface area contributed by atoms with Crippen molar-refractivity contribution in [3.63, 3.8) is 0 Å². The molecule has 4 aromatic rings. The summed E-state index contributed by atoms with van der Waals surface area (Å²) in [7, 11) is 3.16. The van der Waals surface area contributed by atoms with Crippen LogP contribution in [0.1, 0.15) is 117 Å². The number of rotatable bonds is 16. The fourth-order valence-corrected chi connectivity index (χ4v) is 11.1. The molecule has 63 heavy (non-hydrogen) atoms. The van der Waals surface area contributed by atoms with Gasteiger partial charge in [0.05, 0.1) is 19.8 Å². The van der Waals surface area contributed by atoms with E-state index in [2.05, 4.69) is 60.1 Å². The molecule has 1 aromatic heterocycles. The zero-order chi connectivity index (χ0) is 44.9. The van der Waals surface area contributed by atoms with E-state index in [0.29, 0.717) is 36.8 Å². The van der Waals surface area contributed by atoms with Crippen LogP contribution in [0.15, 0.2) is 85.1 Å². The van der Waals surface area contributed by atoms with Gasteiger partial charge in [0.2, 0.25) is 0 Å². The number of halogens is 4. The number of carbonyl (C=O) groups excluding carboxylic acids is 2. The second kappa shape index (κ2) is 19.7. The van der Waals surface area contributed by atoms with Gasteiger partial charge in [-0.05, 0) is 160 Å². The number of esters is 1. The van der Waals surface area contributed by atoms with Gasteiger partial charge >= 0.3 is 18.1 Å². The molecule has 8 nitrogen and oxygen atoms in total. The third-order valence-electron chi connectivity index (χ3n) is 14.1. The van der Waals surface area contributed by atoms with E-state index in [1.165, 1.54) is 35.4 Å². The molecule has 0 radical (unpaired) electrons. The maximum atomic E-state index is 14.5. The van der Waals surface area contributed by atoms with Crippen molar-refractivity contribution in [2.45, 2.75) is 120 Å². The molecule has 0 aliphatic heterocycles. The molecule has 338 valence electrons. The smallest absolute Gasteiger partial charge is 0.471 e. The minimum Gasteiger partial charge on any atom is -0.493 e. The number of alkyl halides is 3. The molecule has 0 saturated heterocycles. The van der Waals surface area contributed by atoms with E-state index < -0.39 is 35.1 Å². The van der Waals surface area contributed by atoms with Crippen LogP contribution in [-0.4, -0.2) is 72.4 Å². The van der Waals surface area contributed by atoms with Crippen molar-refractivity contribution in [2.75, 3.05) is 38.8 Å². The number of aliphatic hydroxyl groups is 1. The number of likely N-dealkylation sites (N-methyl/N-ethyl adjacent to an activating group) is 1. The number of methoxy groups -OCH3 is 1. The largest absolute Gasteiger partial charge is 0.493 e. The van der Waals surface area contributed by atoms with E-state index in [0.717, 1.165) is 93.2 Å². The number of aromatic nitrogens is 1. The number of nitrogens with zero attached hydrogens (tertiary/aromatic N) is 3. The number of aliphatic hydroxyl groups excluding tert-OH is 1. The SMILES string of the molecule is COC(=O)C1(N(C(=O)C(F)(F)F)c2cccc(Cl)c2)CCC2(CC1)c1cc([C@@H](O)CN(C)CCCCc3ccccc3)ccc1C[C@@H]2C[C@@H](C)COc1ccnc2c1[C@H](C)CCC2. The summed E-state index contributed by atoms with van der Waals surface area (Å²) in [5, 5.41) is 11.8. The summed E-state index contributed by atoms with van der Waals surface area (Å²) < 4.78 is 55.4. The monoisotopic (exact) mass is 887 g/mol. The Bertz CT molecular complexity index is 2210. The lowest BCUT2D eigenvalue weighted by molar-refractivity contribution is -0.174. The average molecular weight is 889 g/mol. The van der Waals surface area contributed by atoms with E-state index >= 15 is 0 Å². The Hall–Kier alpha value is -4.45. The lowest BCUT2D eigenvalue weighted by atomic mass is 9.59. The number of benzene rings is 3. The maximum Gasteiger partial charge on any atom is 0.471 e. The van der Waals surface area contributed by atoms with E-state index in [9.17, 15) is 27.9 Å². The van der Waals surface area contributed by atoms with Crippen molar-refractivity contribution in [1.29, 1.82) is 0 Å². The van der Waals surface area contributed by atoms with Gasteiger partial charge in [0.1, 0.15) is 11.3 Å². The molecule has 7 rings (SSSR count). The summed E-state index contributed by atoms with van der Waals surface area (Å²) in [6, 6.07) is 24.2. The second-order valence-corrected chi connectivity index (χ2v) is 18.9. The van der Waals surface area contributed by atoms with Gasteiger partial charge in [-0.1, -0.05) is 80.0 Å². The Morgan fingerprint density at radius 1 is 1.00 bits per heavy atom. The number of amides is 1. The quantitative estimate of drug-likeness (QED) is 0.0885. The fourth-order valence-electron chi connectivity index (χ4n) is 10.9. The minimum atomic E-state index is -5.28. The zero-order valence-electron chi connectivity index (χ0n) is 36.9. The molecule has 1 N–H and O–H groups in total. The number of fused-ring (bicyclic) bond motifs is 3. The van der Waals surface area contributed by atoms with Crippen LogP contribution >= 0.6 is 11.6 Å². The van der Waals surface area contributed by atoms with Crippen molar-refractivity contribution in [3.8, 4) is 5.75 Å². The molecule has 0 unspecified atom stereocenters. The first-order chi connectivity index (χ1) is 30.1. The molecule has 4 atom stereocenters. The molecule has 0 bridgehead atoms. The summed E-state index contributed by atoms with van der Waals surface area (Å²) in [6.07, 6.45) is 3.89. The standard InChI is InChI=1S/C51H61ClF3N3O5/c1-34(33-63-45-21-26-56-43-18-10-12-35(2)46(43)45)28-39-29-37-19-20-38(44(59)32-57(3)27-9-8-15-36-13-6-5-7-14-36)30-42(37)49(39)22-24-50(25-23-49,48(61)62-4)58(47(60)51(53,54)55)41-17-11-16-40(52)31-41/h5-7,11,13-14,16-17,19-21,26,30-31,34-35,39,44,59H,8-10,12,15,18,22-25,27-29,32-33H2,1-4H3/t34-,35-,39+,44+,49?,50?/m1/s1. The molecule has 1 saturated carbocycles. The number of pyridine rings is 1. The Kier molecular flexibility index (Phi) is 14.6. The van der Waals surface area contributed by atoms with E-state index in [-0.39, 0.29) is 35.4 Å². The maximum absolute atomic E-state index is 14.5. The molecule has 1 spiro atoms. The molecule has 3 aliphatic carbocycles. The molecular formula is C51H61ClF3N3O5. The van der Waals surface area contributed by atoms with Crippen molar-refractivity contribution >= 4 is 29.2 Å². The van der Waals surface area contributed by atoms with Gasteiger partial charge < -0.3 is 19.5 Å². The highest BCUT2D eigenvalue weighted by Crippen LogP contribution is 2.58. The van der Waals surface area contributed by atoms with Crippen LogP contribution < -0.4 is 9.64 Å². The topological polar surface area (TPSA) is 92.2 Å². The number of anilines is 1. The van der Waals surface area contributed by atoms with Gasteiger partial charge in [0.25, 0.3) is 0 Å². The molecule has 1 amide bonds. The molecule has 1 fully saturated rings. The van der Waals surface area contributed by atoms with Gasteiger partial charge in [0, 0.05) is 34.7 Å². The Morgan fingerprint density at radius 3 is 2.48 bits per heavy atom. The van der Waals surface area contributed by atoms with E-state index in [1.807, 2.05) is 31.4 Å². The van der Waals surface area contributed by atoms with E-state index in [1.54, 1.807) is 0 Å². The summed E-state index contributed by atoms with van der Waals surface area (Å²) >= 11 is 6.29. The molecular weight excluding hydrogens is 827 g/mol. The second-order valence-electron chi connectivity index (χ2n) is 18.5. The predicted molar refractivity (Wildman–Crippen MR) is 240 cm³/mol. The third-order valence-corrected chi connectivity index (χ3v) is 14.4. The predicted octanol–water partition coefficient (Wildman–Crippen LogP) is 10.8. The van der Waals surface area contributed by atoms with Gasteiger partial charge in [-0.25, -0.2) is 4.79 Å². The van der Waals surface area contributed by atoms with Gasteiger partial charge in [-0.15, -0.1) is 0 Å². The Morgan fingerprint density at radius 2 is 1.76 bits per heavy atom. The minimum absolute atomic E-state index is 0.0460. The van der Waals surface area contributed by atoms with Crippen molar-refractivity contribution in [2.24, 2.45) is 11.8 Å². The fraction of sp³-hybridized carbons (Fsp3) is 0.510. The van der Waals surface area contributed by atoms with Crippen molar-refractivity contribution in [1.82, 2.24) is 9.88 Å². The molecule has 3 aromatic carbocycles. The summed E-state index contributed by atoms with van der Waals surface area (Å²) in [4.78, 5) is 34.9. The number of hydrogen-bond donors (Lipinski definition) is 1. The summed E-state index contributed by atoms with van der Waals surface area (Å²) in [6.45, 7) is 6.13. The van der Waals surface area contributed by atoms with Crippen LogP contribution in [0.25, 0.3) is 0 Å². The molecule has 1 heterocycles. The normalized spacial score (nSPS) is 22.9. The van der Waals surface area contributed by atoms with Gasteiger partial charge in [-0.2, -0.15) is 13.2 Å². The number of hydrogen-bond acceptors (Lipinski definition) is 7. The summed E-state index contributed by atoms with van der Waals surface area (Å²) in [5.74, 6) is -1.67. The van der Waals surface area contributed by atoms with Crippen LogP contribution in [0.4, 0.5) is 18.9 Å². The van der Waals surface area contributed by atoms with Crippen molar-refractivity contribution < 1.29 is 37.3 Å². The average Bonchev–Trinajstić information content (AvgIpc) is 3.55. The van der Waals surface area contributed by atoms with Crippen molar-refractivity contribution in [3.05, 3.63) is 124 Å². The van der Waals surface area contributed by atoms with Crippen LogP contribution in [-0.2, 0) is 39.0 Å². The number of carbonyl (C=O) groups is 2. The Balaban J connectivity index is 1.16. The van der Waals surface area contributed by atoms with Crippen LogP contribution in [0.5, 0.6) is 5.75 Å². The van der Waals surface area contributed by atoms with Crippen LogP contribution in [0.3, 0.4) is 0 Å². The lowest BCUT2D eigenvalue weighted by Gasteiger charge is -2.51. The number of unbranched alkanes of at least 4 members (excludes halogenated alkanes) is 1.